The maximum atomic E-state index is 12.8. The van der Waals surface area contributed by atoms with Gasteiger partial charge in [0, 0.05) is 24.0 Å². The zero-order valence-corrected chi connectivity index (χ0v) is 18.1. The summed E-state index contributed by atoms with van der Waals surface area (Å²) in [7, 11) is 0. The van der Waals surface area contributed by atoms with Gasteiger partial charge in [0.2, 0.25) is 5.91 Å². The third-order valence-electron chi connectivity index (χ3n) is 5.95. The highest BCUT2D eigenvalue weighted by molar-refractivity contribution is 5.98. The molecule has 1 aliphatic heterocycles. The van der Waals surface area contributed by atoms with E-state index in [1.54, 1.807) is 54.3 Å². The summed E-state index contributed by atoms with van der Waals surface area (Å²) >= 11 is 0. The fraction of sp³-hybridized carbons (Fsp3) is 0.280. The first kappa shape index (κ1) is 22.3. The minimum Gasteiger partial charge on any atom is -0.481 e. The number of carbonyl (C=O) groups is 3. The van der Waals surface area contributed by atoms with Gasteiger partial charge in [-0.1, -0.05) is 30.3 Å². The quantitative estimate of drug-likeness (QED) is 0.580. The zero-order valence-electron chi connectivity index (χ0n) is 18.1. The summed E-state index contributed by atoms with van der Waals surface area (Å²) in [5.74, 6) is -1.97. The van der Waals surface area contributed by atoms with Crippen molar-refractivity contribution >= 4 is 28.8 Å². The third-order valence-corrected chi connectivity index (χ3v) is 5.95. The molecule has 1 unspecified atom stereocenters. The van der Waals surface area contributed by atoms with Gasteiger partial charge in [-0.2, -0.15) is 0 Å². The molecular formula is C25H24N2O6. The molecule has 1 fully saturated rings. The summed E-state index contributed by atoms with van der Waals surface area (Å²) in [6, 6.07) is 14.7. The second kappa shape index (κ2) is 9.28. The first-order valence-electron chi connectivity index (χ1n) is 10.8. The maximum Gasteiger partial charge on any atom is 0.344 e. The van der Waals surface area contributed by atoms with E-state index in [2.05, 4.69) is 5.32 Å². The molecule has 3 aromatic rings. The summed E-state index contributed by atoms with van der Waals surface area (Å²) in [5.41, 5.74) is 1.18. The van der Waals surface area contributed by atoms with Crippen molar-refractivity contribution in [3.63, 3.8) is 0 Å². The number of benzene rings is 2. The van der Waals surface area contributed by atoms with Crippen LogP contribution in [-0.4, -0.2) is 46.9 Å². The molecule has 0 bridgehead atoms. The molecule has 1 atom stereocenters. The zero-order chi connectivity index (χ0) is 23.5. The number of nitrogens with zero attached hydrogens (tertiary/aromatic N) is 1. The smallest absolute Gasteiger partial charge is 0.344 e. The van der Waals surface area contributed by atoms with Crippen LogP contribution < -0.4 is 10.9 Å². The van der Waals surface area contributed by atoms with E-state index in [0.717, 1.165) is 5.39 Å². The van der Waals surface area contributed by atoms with Crippen LogP contribution in [0.4, 0.5) is 0 Å². The Kier molecular flexibility index (Phi) is 6.26. The number of carboxylic acids is 1. The van der Waals surface area contributed by atoms with E-state index in [1.807, 2.05) is 12.1 Å². The Balaban J connectivity index is 1.47. The van der Waals surface area contributed by atoms with Crippen molar-refractivity contribution in [2.75, 3.05) is 13.1 Å². The van der Waals surface area contributed by atoms with Gasteiger partial charge in [0.1, 0.15) is 11.6 Å². The van der Waals surface area contributed by atoms with E-state index in [4.69, 9.17) is 9.52 Å². The lowest BCUT2D eigenvalue weighted by molar-refractivity contribution is -0.146. The van der Waals surface area contributed by atoms with Crippen LogP contribution >= 0.6 is 0 Å². The highest BCUT2D eigenvalue weighted by atomic mass is 16.4. The van der Waals surface area contributed by atoms with Crippen molar-refractivity contribution in [2.24, 2.45) is 5.92 Å². The van der Waals surface area contributed by atoms with E-state index in [1.165, 1.54) is 0 Å². The van der Waals surface area contributed by atoms with Gasteiger partial charge in [-0.3, -0.25) is 14.4 Å². The van der Waals surface area contributed by atoms with Gasteiger partial charge in [-0.25, -0.2) is 4.79 Å². The van der Waals surface area contributed by atoms with Crippen molar-refractivity contribution < 1.29 is 23.9 Å². The molecule has 2 N–H and O–H groups in total. The number of likely N-dealkylation sites (tertiary alicyclic amines) is 1. The minimum absolute atomic E-state index is 0.251. The molecule has 0 radical (unpaired) electrons. The number of aliphatic carboxylic acids is 1. The molecule has 33 heavy (non-hydrogen) atoms. The Morgan fingerprint density at radius 3 is 2.52 bits per heavy atom. The number of rotatable bonds is 5. The Morgan fingerprint density at radius 2 is 1.79 bits per heavy atom. The van der Waals surface area contributed by atoms with Crippen LogP contribution in [-0.2, 0) is 9.59 Å². The normalized spacial score (nSPS) is 15.2. The molecule has 0 aliphatic carbocycles. The number of piperidine rings is 1. The van der Waals surface area contributed by atoms with Crippen molar-refractivity contribution in [1.82, 2.24) is 10.2 Å². The van der Waals surface area contributed by atoms with Gasteiger partial charge < -0.3 is 19.7 Å². The van der Waals surface area contributed by atoms with Crippen molar-refractivity contribution in [2.45, 2.75) is 25.8 Å². The van der Waals surface area contributed by atoms with E-state index in [-0.39, 0.29) is 5.91 Å². The van der Waals surface area contributed by atoms with Gasteiger partial charge in [0.05, 0.1) is 11.5 Å². The second-order valence-corrected chi connectivity index (χ2v) is 8.20. The number of amides is 2. The lowest BCUT2D eigenvalue weighted by atomic mass is 9.97. The highest BCUT2D eigenvalue weighted by Gasteiger charge is 2.29. The van der Waals surface area contributed by atoms with Crippen molar-refractivity contribution in [3.05, 3.63) is 70.6 Å². The minimum atomic E-state index is -0.844. The summed E-state index contributed by atoms with van der Waals surface area (Å²) in [6.45, 7) is 2.30. The monoisotopic (exact) mass is 448 g/mol. The second-order valence-electron chi connectivity index (χ2n) is 8.20. The summed E-state index contributed by atoms with van der Waals surface area (Å²) in [6.07, 6.45) is 0.802. The van der Waals surface area contributed by atoms with Gasteiger partial charge in [-0.05, 0) is 49.6 Å². The van der Waals surface area contributed by atoms with Gasteiger partial charge in [0.15, 0.2) is 0 Å². The van der Waals surface area contributed by atoms with Crippen LogP contribution in [0, 0.1) is 5.92 Å². The van der Waals surface area contributed by atoms with Crippen LogP contribution in [0.5, 0.6) is 0 Å². The largest absolute Gasteiger partial charge is 0.481 e. The predicted molar refractivity (Wildman–Crippen MR) is 122 cm³/mol. The maximum absolute atomic E-state index is 12.8. The van der Waals surface area contributed by atoms with E-state index in [9.17, 15) is 19.2 Å². The number of hydrogen-bond acceptors (Lipinski definition) is 5. The first-order valence-corrected chi connectivity index (χ1v) is 10.8. The summed E-state index contributed by atoms with van der Waals surface area (Å²) in [4.78, 5) is 50.7. The molecule has 1 aromatic heterocycles. The van der Waals surface area contributed by atoms with Crippen LogP contribution in [0.3, 0.4) is 0 Å². The van der Waals surface area contributed by atoms with Crippen LogP contribution in [0.25, 0.3) is 22.1 Å². The van der Waals surface area contributed by atoms with Crippen LogP contribution in [0.1, 0.15) is 30.1 Å². The number of hydrogen-bond donors (Lipinski definition) is 2. The topological polar surface area (TPSA) is 117 Å². The van der Waals surface area contributed by atoms with Crippen molar-refractivity contribution in [1.29, 1.82) is 0 Å². The van der Waals surface area contributed by atoms with Crippen LogP contribution in [0.2, 0.25) is 0 Å². The van der Waals surface area contributed by atoms with Gasteiger partial charge in [-0.15, -0.1) is 0 Å². The summed E-state index contributed by atoms with van der Waals surface area (Å²) < 4.78 is 5.39. The number of carboxylic acid groups (broad SMARTS) is 1. The Morgan fingerprint density at radius 1 is 1.06 bits per heavy atom. The highest BCUT2D eigenvalue weighted by Crippen LogP contribution is 2.22. The summed E-state index contributed by atoms with van der Waals surface area (Å²) in [5, 5.41) is 12.6. The predicted octanol–water partition coefficient (Wildman–Crippen LogP) is 2.90. The fourth-order valence-corrected chi connectivity index (χ4v) is 4.05. The van der Waals surface area contributed by atoms with E-state index >= 15 is 0 Å². The third kappa shape index (κ3) is 4.79. The molecule has 1 saturated heterocycles. The standard InChI is InChI=1S/C25H24N2O6/c1-15(23(29)27-11-9-16(10-12-27)24(30)31)26-22(28)19-7-4-6-17(13-19)20-14-18-5-2-3-8-21(18)33-25(20)32/h2-8,13-16H,9-12H2,1H3,(H,26,28)(H,30,31). The molecular weight excluding hydrogens is 424 g/mol. The van der Waals surface area contributed by atoms with Gasteiger partial charge in [0.25, 0.3) is 5.91 Å². The molecule has 2 heterocycles. The average Bonchev–Trinajstić information content (AvgIpc) is 2.83. The lowest BCUT2D eigenvalue weighted by Crippen LogP contribution is -2.49. The molecule has 0 saturated carbocycles. The molecule has 2 aromatic carbocycles. The molecule has 1 aliphatic rings. The molecule has 8 nitrogen and oxygen atoms in total. The van der Waals surface area contributed by atoms with Gasteiger partial charge >= 0.3 is 11.6 Å². The molecule has 4 rings (SSSR count). The number of carbonyl (C=O) groups excluding carboxylic acids is 2. The molecule has 2 amide bonds. The number of nitrogens with one attached hydrogen (secondary N) is 1. The SMILES string of the molecule is CC(NC(=O)c1cccc(-c2cc3ccccc3oc2=O)c1)C(=O)N1CCC(C(=O)O)CC1. The average molecular weight is 448 g/mol. The fourth-order valence-electron chi connectivity index (χ4n) is 4.05. The van der Waals surface area contributed by atoms with Crippen molar-refractivity contribution in [3.8, 4) is 11.1 Å². The molecule has 170 valence electrons. The number of fused-ring (bicyclic) bond motifs is 1. The number of para-hydroxylation sites is 1. The van der Waals surface area contributed by atoms with E-state index in [0.29, 0.717) is 48.2 Å². The van der Waals surface area contributed by atoms with Crippen LogP contribution in [0.15, 0.2) is 63.8 Å². The van der Waals surface area contributed by atoms with E-state index < -0.39 is 29.5 Å². The first-order chi connectivity index (χ1) is 15.8. The Hall–Kier alpha value is -3.94. The lowest BCUT2D eigenvalue weighted by Gasteiger charge is -2.32. The Labute approximate surface area is 189 Å². The molecule has 0 spiro atoms. The molecule has 8 heteroatoms. The Bertz CT molecular complexity index is 1270.